The first-order valence-corrected chi connectivity index (χ1v) is 6.72. The Morgan fingerprint density at radius 1 is 1.44 bits per heavy atom. The molecule has 0 aliphatic carbocycles. The van der Waals surface area contributed by atoms with E-state index in [1.807, 2.05) is 13.8 Å². The molecule has 0 spiro atoms. The minimum atomic E-state index is -0.699. The molecule has 18 heavy (non-hydrogen) atoms. The van der Waals surface area contributed by atoms with E-state index < -0.39 is 6.10 Å². The third-order valence-electron chi connectivity index (χ3n) is 2.66. The lowest BCUT2D eigenvalue weighted by Crippen LogP contribution is -2.02. The molecule has 0 amide bonds. The van der Waals surface area contributed by atoms with E-state index in [2.05, 4.69) is 4.98 Å². The van der Waals surface area contributed by atoms with Gasteiger partial charge < -0.3 is 5.11 Å². The van der Waals surface area contributed by atoms with Crippen molar-refractivity contribution in [2.24, 2.45) is 0 Å². The molecule has 1 aromatic carbocycles. The van der Waals surface area contributed by atoms with Crippen molar-refractivity contribution in [3.8, 4) is 0 Å². The number of aliphatic hydroxyl groups excluding tert-OH is 1. The Kier molecular flexibility index (Phi) is 4.00. The molecule has 0 saturated heterocycles. The lowest BCUT2D eigenvalue weighted by Gasteiger charge is -2.10. The van der Waals surface area contributed by atoms with E-state index in [1.54, 1.807) is 0 Å². The third-order valence-corrected chi connectivity index (χ3v) is 4.21. The summed E-state index contributed by atoms with van der Waals surface area (Å²) in [7, 11) is 0. The molecule has 1 atom stereocenters. The van der Waals surface area contributed by atoms with E-state index in [4.69, 9.17) is 11.6 Å². The number of hydrogen-bond donors (Lipinski definition) is 1. The second-order valence-corrected chi connectivity index (χ2v) is 5.78. The van der Waals surface area contributed by atoms with Crippen molar-refractivity contribution >= 4 is 22.9 Å². The third kappa shape index (κ3) is 2.88. The maximum Gasteiger partial charge on any atom is 0.123 e. The van der Waals surface area contributed by atoms with Crippen molar-refractivity contribution in [3.05, 3.63) is 50.2 Å². The van der Waals surface area contributed by atoms with Gasteiger partial charge in [-0.25, -0.2) is 9.37 Å². The molecule has 1 aromatic heterocycles. The summed E-state index contributed by atoms with van der Waals surface area (Å²) in [6, 6.07) is 4.17. The molecule has 5 heteroatoms. The SMILES string of the molecule is Cc1nc(C)c(C(O)Cc2cc(F)ccc2Cl)s1. The molecular weight excluding hydrogens is 273 g/mol. The lowest BCUT2D eigenvalue weighted by atomic mass is 10.1. The Hall–Kier alpha value is -0.970. The molecule has 1 N–H and O–H groups in total. The maximum atomic E-state index is 13.1. The monoisotopic (exact) mass is 285 g/mol. The van der Waals surface area contributed by atoms with Crippen LogP contribution < -0.4 is 0 Å². The molecule has 1 heterocycles. The summed E-state index contributed by atoms with van der Waals surface area (Å²) in [4.78, 5) is 5.08. The molecule has 0 aliphatic rings. The normalized spacial score (nSPS) is 12.7. The highest BCUT2D eigenvalue weighted by atomic mass is 35.5. The van der Waals surface area contributed by atoms with Crippen LogP contribution in [-0.2, 0) is 6.42 Å². The van der Waals surface area contributed by atoms with Crippen LogP contribution >= 0.6 is 22.9 Å². The zero-order valence-corrected chi connectivity index (χ0v) is 11.6. The highest BCUT2D eigenvalue weighted by Gasteiger charge is 2.17. The van der Waals surface area contributed by atoms with Crippen LogP contribution in [0.3, 0.4) is 0 Å². The topological polar surface area (TPSA) is 33.1 Å². The van der Waals surface area contributed by atoms with Gasteiger partial charge in [-0.15, -0.1) is 11.3 Å². The van der Waals surface area contributed by atoms with Gasteiger partial charge in [0.25, 0.3) is 0 Å². The van der Waals surface area contributed by atoms with Gasteiger partial charge in [-0.1, -0.05) is 11.6 Å². The standard InChI is InChI=1S/C13H13ClFNOS/c1-7-13(18-8(2)16-7)12(17)6-9-5-10(15)3-4-11(9)14/h3-5,12,17H,6H2,1-2H3. The van der Waals surface area contributed by atoms with Crippen LogP contribution in [0.25, 0.3) is 0 Å². The highest BCUT2D eigenvalue weighted by Crippen LogP contribution is 2.29. The molecular formula is C13H13ClFNOS. The number of aliphatic hydroxyl groups is 1. The first-order valence-electron chi connectivity index (χ1n) is 5.53. The van der Waals surface area contributed by atoms with E-state index in [-0.39, 0.29) is 5.82 Å². The van der Waals surface area contributed by atoms with Crippen molar-refractivity contribution < 1.29 is 9.50 Å². The minimum absolute atomic E-state index is 0.291. The van der Waals surface area contributed by atoms with Gasteiger partial charge >= 0.3 is 0 Å². The van der Waals surface area contributed by atoms with Crippen LogP contribution in [0.2, 0.25) is 5.02 Å². The lowest BCUT2D eigenvalue weighted by molar-refractivity contribution is 0.181. The zero-order chi connectivity index (χ0) is 13.3. The fourth-order valence-corrected chi connectivity index (χ4v) is 2.97. The average Bonchev–Trinajstić information content (AvgIpc) is 2.63. The fourth-order valence-electron chi connectivity index (χ4n) is 1.86. The maximum absolute atomic E-state index is 13.1. The second kappa shape index (κ2) is 5.34. The van der Waals surface area contributed by atoms with Crippen LogP contribution in [0.4, 0.5) is 4.39 Å². The van der Waals surface area contributed by atoms with Gasteiger partial charge in [0, 0.05) is 11.4 Å². The van der Waals surface area contributed by atoms with Crippen molar-refractivity contribution in [1.82, 2.24) is 4.98 Å². The number of aromatic nitrogens is 1. The van der Waals surface area contributed by atoms with Gasteiger partial charge in [0.1, 0.15) is 5.82 Å². The summed E-state index contributed by atoms with van der Waals surface area (Å²) >= 11 is 7.44. The largest absolute Gasteiger partial charge is 0.387 e. The minimum Gasteiger partial charge on any atom is -0.387 e. The molecule has 0 bridgehead atoms. The van der Waals surface area contributed by atoms with Crippen LogP contribution in [0, 0.1) is 19.7 Å². The van der Waals surface area contributed by atoms with Crippen LogP contribution in [-0.4, -0.2) is 10.1 Å². The van der Waals surface area contributed by atoms with Crippen molar-refractivity contribution in [2.75, 3.05) is 0 Å². The molecule has 0 radical (unpaired) electrons. The smallest absolute Gasteiger partial charge is 0.123 e. The number of thiazole rings is 1. The first kappa shape index (κ1) is 13.5. The molecule has 96 valence electrons. The number of halogens is 2. The summed E-state index contributed by atoms with van der Waals surface area (Å²) in [5, 5.41) is 11.5. The number of rotatable bonds is 3. The van der Waals surface area contributed by atoms with Gasteiger partial charge in [-0.2, -0.15) is 0 Å². The van der Waals surface area contributed by atoms with Gasteiger partial charge in [0.2, 0.25) is 0 Å². The number of hydrogen-bond acceptors (Lipinski definition) is 3. The molecule has 2 rings (SSSR count). The molecule has 0 aliphatic heterocycles. The average molecular weight is 286 g/mol. The van der Waals surface area contributed by atoms with E-state index in [0.29, 0.717) is 17.0 Å². The zero-order valence-electron chi connectivity index (χ0n) is 10.1. The van der Waals surface area contributed by atoms with Crippen LogP contribution in [0.1, 0.15) is 27.2 Å². The molecule has 2 aromatic rings. The quantitative estimate of drug-likeness (QED) is 0.930. The molecule has 2 nitrogen and oxygen atoms in total. The predicted molar refractivity (Wildman–Crippen MR) is 71.7 cm³/mol. The Bertz CT molecular complexity index is 570. The van der Waals surface area contributed by atoms with E-state index in [9.17, 15) is 9.50 Å². The van der Waals surface area contributed by atoms with Crippen molar-refractivity contribution in [3.63, 3.8) is 0 Å². The summed E-state index contributed by atoms with van der Waals surface area (Å²) in [6.07, 6.45) is -0.408. The van der Waals surface area contributed by atoms with E-state index in [1.165, 1.54) is 29.5 Å². The number of aryl methyl sites for hydroxylation is 2. The summed E-state index contributed by atoms with van der Waals surface area (Å²) in [5.41, 5.74) is 1.42. The van der Waals surface area contributed by atoms with Crippen molar-refractivity contribution in [1.29, 1.82) is 0 Å². The summed E-state index contributed by atoms with van der Waals surface area (Å²) in [6.45, 7) is 3.75. The Morgan fingerprint density at radius 3 is 2.78 bits per heavy atom. The van der Waals surface area contributed by atoms with Crippen molar-refractivity contribution in [2.45, 2.75) is 26.4 Å². The molecule has 1 unspecified atom stereocenters. The number of nitrogens with zero attached hydrogens (tertiary/aromatic N) is 1. The molecule has 0 saturated carbocycles. The summed E-state index contributed by atoms with van der Waals surface area (Å²) in [5.74, 6) is -0.348. The Labute approximate surface area is 114 Å². The first-order chi connectivity index (χ1) is 8.47. The fraction of sp³-hybridized carbons (Fsp3) is 0.308. The van der Waals surface area contributed by atoms with E-state index in [0.717, 1.165) is 15.6 Å². The predicted octanol–water partition coefficient (Wildman–Crippen LogP) is 3.83. The molecule has 0 fully saturated rings. The van der Waals surface area contributed by atoms with Gasteiger partial charge in [-0.05, 0) is 37.6 Å². The van der Waals surface area contributed by atoms with Crippen LogP contribution in [0.5, 0.6) is 0 Å². The second-order valence-electron chi connectivity index (χ2n) is 4.14. The Morgan fingerprint density at radius 2 is 2.17 bits per heavy atom. The van der Waals surface area contributed by atoms with Gasteiger partial charge in [0.05, 0.1) is 21.7 Å². The van der Waals surface area contributed by atoms with Crippen LogP contribution in [0.15, 0.2) is 18.2 Å². The van der Waals surface area contributed by atoms with Gasteiger partial charge in [-0.3, -0.25) is 0 Å². The van der Waals surface area contributed by atoms with E-state index >= 15 is 0 Å². The highest BCUT2D eigenvalue weighted by molar-refractivity contribution is 7.11. The van der Waals surface area contributed by atoms with Gasteiger partial charge in [0.15, 0.2) is 0 Å². The number of benzene rings is 1. The Balaban J connectivity index is 2.23. The summed E-state index contributed by atoms with van der Waals surface area (Å²) < 4.78 is 13.1.